The third-order valence-electron chi connectivity index (χ3n) is 2.30. The Hall–Kier alpha value is -2.63. The number of alkyl halides is 2. The van der Waals surface area contributed by atoms with Crippen molar-refractivity contribution in [3.63, 3.8) is 0 Å². The molecule has 0 fully saturated rings. The molecule has 0 aliphatic carbocycles. The number of carbonyl (C=O) groups is 1. The van der Waals surface area contributed by atoms with E-state index < -0.39 is 40.6 Å². The fraction of sp³-hybridized carbons (Fsp3) is 0.364. The van der Waals surface area contributed by atoms with Crippen LogP contribution in [0, 0.1) is 21.4 Å². The van der Waals surface area contributed by atoms with E-state index in [1.54, 1.807) is 6.92 Å². The van der Waals surface area contributed by atoms with Crippen LogP contribution < -0.4 is 0 Å². The minimum absolute atomic E-state index is 0.0813. The zero-order valence-corrected chi connectivity index (χ0v) is 10.3. The molecule has 1 rings (SSSR count). The third kappa shape index (κ3) is 3.23. The first-order valence-corrected chi connectivity index (χ1v) is 5.42. The van der Waals surface area contributed by atoms with Crippen LogP contribution in [0.2, 0.25) is 0 Å². The van der Waals surface area contributed by atoms with Crippen molar-refractivity contribution in [1.29, 1.82) is 5.26 Å². The second-order valence-corrected chi connectivity index (χ2v) is 3.54. The summed E-state index contributed by atoms with van der Waals surface area (Å²) < 4.78 is 30.0. The van der Waals surface area contributed by atoms with Gasteiger partial charge in [0.05, 0.1) is 23.6 Å². The van der Waals surface area contributed by atoms with E-state index in [1.807, 2.05) is 0 Å². The molecule has 1 aromatic heterocycles. The van der Waals surface area contributed by atoms with Gasteiger partial charge in [-0.25, -0.2) is 8.78 Å². The van der Waals surface area contributed by atoms with Crippen molar-refractivity contribution in [2.75, 3.05) is 6.61 Å². The minimum Gasteiger partial charge on any atom is -0.466 e. The smallest absolute Gasteiger partial charge is 0.311 e. The van der Waals surface area contributed by atoms with Crippen LogP contribution in [0.5, 0.6) is 0 Å². The maximum Gasteiger partial charge on any atom is 0.311 e. The number of rotatable bonds is 5. The molecule has 0 radical (unpaired) electrons. The lowest BCUT2D eigenvalue weighted by Crippen LogP contribution is -2.12. The number of esters is 1. The van der Waals surface area contributed by atoms with Gasteiger partial charge >= 0.3 is 5.97 Å². The fourth-order valence-electron chi connectivity index (χ4n) is 1.51. The highest BCUT2D eigenvalue weighted by atomic mass is 19.3. The van der Waals surface area contributed by atoms with Crippen LogP contribution >= 0.6 is 0 Å². The Morgan fingerprint density at radius 2 is 2.30 bits per heavy atom. The molecule has 1 heterocycles. The molecule has 0 aliphatic rings. The van der Waals surface area contributed by atoms with Crippen molar-refractivity contribution >= 4 is 11.7 Å². The number of nitro groups is 1. The Bertz CT molecular complexity index is 584. The van der Waals surface area contributed by atoms with Gasteiger partial charge in [0.25, 0.3) is 12.1 Å². The second-order valence-electron chi connectivity index (χ2n) is 3.54. The number of nitriles is 1. The molecule has 9 heteroatoms. The summed E-state index contributed by atoms with van der Waals surface area (Å²) in [6.45, 7) is 1.64. The predicted molar refractivity (Wildman–Crippen MR) is 60.9 cm³/mol. The Kier molecular flexibility index (Phi) is 5.02. The molecule has 0 amide bonds. The molecule has 1 aromatic rings. The minimum atomic E-state index is -3.15. The molecule has 0 atom stereocenters. The van der Waals surface area contributed by atoms with Crippen molar-refractivity contribution in [2.45, 2.75) is 19.8 Å². The number of halogens is 2. The first-order chi connectivity index (χ1) is 9.42. The van der Waals surface area contributed by atoms with E-state index in [9.17, 15) is 23.7 Å². The quantitative estimate of drug-likeness (QED) is 0.464. The van der Waals surface area contributed by atoms with Crippen LogP contribution in [0.15, 0.2) is 6.20 Å². The molecular weight excluding hydrogens is 276 g/mol. The Balaban J connectivity index is 3.36. The van der Waals surface area contributed by atoms with Crippen molar-refractivity contribution in [3.8, 4) is 6.07 Å². The van der Waals surface area contributed by atoms with Crippen molar-refractivity contribution in [3.05, 3.63) is 33.1 Å². The largest absolute Gasteiger partial charge is 0.466 e. The normalized spacial score (nSPS) is 10.2. The van der Waals surface area contributed by atoms with E-state index in [4.69, 9.17) is 5.26 Å². The standard InChI is InChI=1S/C11H9F2N3O4/c1-2-20-9(17)3-8-6(4-14)10(16(18)19)7(5-15-8)11(12)13/h5,11H,2-3H2,1H3. The second kappa shape index (κ2) is 6.51. The van der Waals surface area contributed by atoms with E-state index in [0.717, 1.165) is 0 Å². The first-order valence-electron chi connectivity index (χ1n) is 5.42. The summed E-state index contributed by atoms with van der Waals surface area (Å²) in [4.78, 5) is 24.6. The molecule has 0 saturated heterocycles. The summed E-state index contributed by atoms with van der Waals surface area (Å²) in [6, 6.07) is 1.44. The lowest BCUT2D eigenvalue weighted by Gasteiger charge is -2.07. The molecule has 0 unspecified atom stereocenters. The first kappa shape index (κ1) is 15.4. The number of nitrogens with zero attached hydrogens (tertiary/aromatic N) is 3. The molecule has 0 saturated carbocycles. The lowest BCUT2D eigenvalue weighted by molar-refractivity contribution is -0.386. The average molecular weight is 285 g/mol. The number of ether oxygens (including phenoxy) is 1. The van der Waals surface area contributed by atoms with Crippen LogP contribution in [-0.2, 0) is 16.0 Å². The average Bonchev–Trinajstić information content (AvgIpc) is 2.37. The number of aromatic nitrogens is 1. The van der Waals surface area contributed by atoms with Crippen LogP contribution in [0.4, 0.5) is 14.5 Å². The molecule has 106 valence electrons. The predicted octanol–water partition coefficient (Wildman–Crippen LogP) is 1.90. The van der Waals surface area contributed by atoms with E-state index in [2.05, 4.69) is 9.72 Å². The van der Waals surface area contributed by atoms with Crippen LogP contribution in [0.25, 0.3) is 0 Å². The molecule has 0 aliphatic heterocycles. The van der Waals surface area contributed by atoms with Crippen molar-refractivity contribution in [1.82, 2.24) is 4.98 Å². The van der Waals surface area contributed by atoms with Crippen LogP contribution in [0.3, 0.4) is 0 Å². The van der Waals surface area contributed by atoms with Gasteiger partial charge in [0.1, 0.15) is 11.6 Å². The zero-order chi connectivity index (χ0) is 15.3. The van der Waals surface area contributed by atoms with Gasteiger partial charge in [-0.1, -0.05) is 0 Å². The molecule has 20 heavy (non-hydrogen) atoms. The molecule has 0 bridgehead atoms. The van der Waals surface area contributed by atoms with Gasteiger partial charge in [-0.3, -0.25) is 19.9 Å². The Labute approximate surface area is 111 Å². The summed E-state index contributed by atoms with van der Waals surface area (Å²) in [5.74, 6) is -0.754. The zero-order valence-electron chi connectivity index (χ0n) is 10.3. The highest BCUT2D eigenvalue weighted by molar-refractivity contribution is 5.74. The fourth-order valence-corrected chi connectivity index (χ4v) is 1.51. The highest BCUT2D eigenvalue weighted by Gasteiger charge is 2.30. The maximum atomic E-state index is 12.7. The molecule has 0 aromatic carbocycles. The van der Waals surface area contributed by atoms with Gasteiger partial charge in [-0.2, -0.15) is 5.26 Å². The van der Waals surface area contributed by atoms with Crippen LogP contribution in [0.1, 0.15) is 30.2 Å². The van der Waals surface area contributed by atoms with Crippen molar-refractivity contribution < 1.29 is 23.2 Å². The summed E-state index contributed by atoms with van der Waals surface area (Å²) in [7, 11) is 0. The number of pyridine rings is 1. The molecule has 0 spiro atoms. The Morgan fingerprint density at radius 1 is 1.65 bits per heavy atom. The number of hydrogen-bond acceptors (Lipinski definition) is 6. The Morgan fingerprint density at radius 3 is 2.75 bits per heavy atom. The van der Waals surface area contributed by atoms with Crippen molar-refractivity contribution in [2.24, 2.45) is 0 Å². The van der Waals surface area contributed by atoms with Gasteiger partial charge in [-0.15, -0.1) is 0 Å². The monoisotopic (exact) mass is 285 g/mol. The third-order valence-corrected chi connectivity index (χ3v) is 2.30. The topological polar surface area (TPSA) is 106 Å². The molecule has 0 N–H and O–H groups in total. The summed E-state index contributed by atoms with van der Waals surface area (Å²) in [5, 5.41) is 19.8. The summed E-state index contributed by atoms with van der Waals surface area (Å²) >= 11 is 0. The van der Waals surface area contributed by atoms with Crippen LogP contribution in [-0.4, -0.2) is 22.5 Å². The van der Waals surface area contributed by atoms with Gasteiger partial charge in [0.2, 0.25) is 0 Å². The number of hydrogen-bond donors (Lipinski definition) is 0. The van der Waals surface area contributed by atoms with E-state index in [-0.39, 0.29) is 12.3 Å². The van der Waals surface area contributed by atoms with Gasteiger partial charge in [-0.05, 0) is 6.92 Å². The summed E-state index contributed by atoms with van der Waals surface area (Å²) in [5.41, 5.74) is -2.90. The van der Waals surface area contributed by atoms with Gasteiger partial charge in [0, 0.05) is 6.20 Å². The maximum absolute atomic E-state index is 12.7. The van der Waals surface area contributed by atoms with E-state index in [1.165, 1.54) is 6.07 Å². The number of carbonyl (C=O) groups excluding carboxylic acids is 1. The van der Waals surface area contributed by atoms with Gasteiger partial charge < -0.3 is 4.74 Å². The van der Waals surface area contributed by atoms with E-state index in [0.29, 0.717) is 6.20 Å². The summed E-state index contributed by atoms with van der Waals surface area (Å²) in [6.07, 6.45) is -3.05. The van der Waals surface area contributed by atoms with E-state index >= 15 is 0 Å². The van der Waals surface area contributed by atoms with Gasteiger partial charge in [0.15, 0.2) is 5.56 Å². The molecular formula is C11H9F2N3O4. The highest BCUT2D eigenvalue weighted by Crippen LogP contribution is 2.32. The SMILES string of the molecule is CCOC(=O)Cc1ncc(C(F)F)c([N+](=O)[O-])c1C#N. The molecule has 7 nitrogen and oxygen atoms in total. The lowest BCUT2D eigenvalue weighted by atomic mass is 10.1.